The summed E-state index contributed by atoms with van der Waals surface area (Å²) >= 11 is 0. The molecule has 2 N–H and O–H groups in total. The molecule has 0 radical (unpaired) electrons. The average molecular weight is 377 g/mol. The molecule has 0 aromatic heterocycles. The van der Waals surface area contributed by atoms with Crippen LogP contribution in [0.2, 0.25) is 0 Å². The number of nitriles is 1. The number of halogens is 1. The van der Waals surface area contributed by atoms with Crippen molar-refractivity contribution in [2.24, 2.45) is 0 Å². The lowest BCUT2D eigenvalue weighted by atomic mass is 9.84. The van der Waals surface area contributed by atoms with E-state index in [9.17, 15) is 19.2 Å². The highest BCUT2D eigenvalue weighted by atomic mass is 19.1. The fourth-order valence-corrected chi connectivity index (χ4v) is 3.46. The summed E-state index contributed by atoms with van der Waals surface area (Å²) in [5.74, 6) is -1.48. The van der Waals surface area contributed by atoms with Crippen LogP contribution in [-0.2, 0) is 16.0 Å². The second-order valence-corrected chi connectivity index (χ2v) is 6.78. The van der Waals surface area contributed by atoms with Crippen LogP contribution in [-0.4, -0.2) is 17.4 Å². The second kappa shape index (κ2) is 7.65. The van der Waals surface area contributed by atoms with E-state index in [4.69, 9.17) is 0 Å². The number of amides is 2. The Morgan fingerprint density at radius 2 is 1.86 bits per heavy atom. The van der Waals surface area contributed by atoms with E-state index in [2.05, 4.69) is 10.6 Å². The van der Waals surface area contributed by atoms with Gasteiger partial charge in [0, 0.05) is 12.0 Å². The molecule has 2 amide bonds. The predicted molar refractivity (Wildman–Crippen MR) is 103 cm³/mol. The van der Waals surface area contributed by atoms with E-state index in [1.807, 2.05) is 43.3 Å². The molecule has 28 heavy (non-hydrogen) atoms. The smallest absolute Gasteiger partial charge is 0.268 e. The van der Waals surface area contributed by atoms with Crippen molar-refractivity contribution < 1.29 is 14.0 Å². The zero-order valence-corrected chi connectivity index (χ0v) is 15.7. The van der Waals surface area contributed by atoms with Gasteiger partial charge in [0.25, 0.3) is 11.8 Å². The third kappa shape index (κ3) is 3.39. The number of carbonyl (C=O) groups excluding carboxylic acids is 2. The van der Waals surface area contributed by atoms with E-state index in [-0.39, 0.29) is 28.3 Å². The predicted octanol–water partition coefficient (Wildman–Crippen LogP) is 3.07. The number of carbonyl (C=O) groups is 2. The molecular weight excluding hydrogens is 357 g/mol. The Balaban J connectivity index is 2.00. The fourth-order valence-electron chi connectivity index (χ4n) is 3.46. The number of allylic oxidation sites excluding steroid dienone is 1. The number of rotatable bonds is 4. The molecule has 6 heteroatoms. The van der Waals surface area contributed by atoms with Crippen molar-refractivity contribution in [1.82, 2.24) is 10.6 Å². The minimum Gasteiger partial charge on any atom is -0.336 e. The SMILES string of the molecule is CCC1(Cc2ccccc2)NC(=O)C(=C(C)c2c(F)cccc2C#N)NC1=O. The highest BCUT2D eigenvalue weighted by molar-refractivity contribution is 6.11. The van der Waals surface area contributed by atoms with Gasteiger partial charge in [-0.1, -0.05) is 43.3 Å². The summed E-state index contributed by atoms with van der Waals surface area (Å²) in [5.41, 5.74) is 0.125. The van der Waals surface area contributed by atoms with Gasteiger partial charge in [-0.3, -0.25) is 9.59 Å². The second-order valence-electron chi connectivity index (χ2n) is 6.78. The Kier molecular flexibility index (Phi) is 5.27. The maximum absolute atomic E-state index is 14.3. The highest BCUT2D eigenvalue weighted by Crippen LogP contribution is 2.28. The number of hydrogen-bond acceptors (Lipinski definition) is 3. The van der Waals surface area contributed by atoms with Crippen LogP contribution in [0, 0.1) is 17.1 Å². The summed E-state index contributed by atoms with van der Waals surface area (Å²) in [6.45, 7) is 3.35. The van der Waals surface area contributed by atoms with Crippen LogP contribution in [0.3, 0.4) is 0 Å². The minimum absolute atomic E-state index is 0.0162. The zero-order valence-electron chi connectivity index (χ0n) is 15.7. The number of piperazine rings is 1. The molecule has 0 spiro atoms. The largest absolute Gasteiger partial charge is 0.336 e. The first kappa shape index (κ1) is 19.3. The lowest BCUT2D eigenvalue weighted by Crippen LogP contribution is -2.65. The molecular formula is C22H20FN3O2. The van der Waals surface area contributed by atoms with Crippen molar-refractivity contribution in [3.05, 3.63) is 76.7 Å². The molecule has 2 aromatic rings. The summed E-state index contributed by atoms with van der Waals surface area (Å²) in [4.78, 5) is 25.8. The third-order valence-corrected chi connectivity index (χ3v) is 5.09. The molecule has 142 valence electrons. The molecule has 0 bridgehead atoms. The van der Waals surface area contributed by atoms with Crippen molar-refractivity contribution in [1.29, 1.82) is 5.26 Å². The van der Waals surface area contributed by atoms with Crippen molar-refractivity contribution in [3.8, 4) is 6.07 Å². The normalized spacial score (nSPS) is 20.8. The van der Waals surface area contributed by atoms with Crippen LogP contribution >= 0.6 is 0 Å². The van der Waals surface area contributed by atoms with Crippen LogP contribution in [0.4, 0.5) is 4.39 Å². The number of benzene rings is 2. The van der Waals surface area contributed by atoms with E-state index < -0.39 is 17.3 Å². The van der Waals surface area contributed by atoms with Gasteiger partial charge < -0.3 is 10.6 Å². The van der Waals surface area contributed by atoms with Crippen molar-refractivity contribution >= 4 is 17.4 Å². The van der Waals surface area contributed by atoms with Gasteiger partial charge in [0.05, 0.1) is 11.6 Å². The lowest BCUT2D eigenvalue weighted by Gasteiger charge is -2.37. The number of hydrogen-bond donors (Lipinski definition) is 2. The molecule has 1 heterocycles. The van der Waals surface area contributed by atoms with Crippen LogP contribution < -0.4 is 10.6 Å². The molecule has 2 aromatic carbocycles. The summed E-state index contributed by atoms with van der Waals surface area (Å²) in [6.07, 6.45) is 0.742. The Morgan fingerprint density at radius 3 is 2.50 bits per heavy atom. The van der Waals surface area contributed by atoms with Gasteiger partial charge in [0.2, 0.25) is 0 Å². The van der Waals surface area contributed by atoms with Crippen molar-refractivity contribution in [2.75, 3.05) is 0 Å². The topological polar surface area (TPSA) is 82.0 Å². The van der Waals surface area contributed by atoms with E-state index in [1.165, 1.54) is 25.1 Å². The van der Waals surface area contributed by atoms with Gasteiger partial charge >= 0.3 is 0 Å². The summed E-state index contributed by atoms with van der Waals surface area (Å²) in [6, 6.07) is 15.5. The van der Waals surface area contributed by atoms with Gasteiger partial charge in [-0.05, 0) is 36.6 Å². The van der Waals surface area contributed by atoms with Crippen LogP contribution in [0.15, 0.2) is 54.2 Å². The molecule has 1 aliphatic heterocycles. The van der Waals surface area contributed by atoms with Gasteiger partial charge in [0.1, 0.15) is 17.1 Å². The van der Waals surface area contributed by atoms with Crippen molar-refractivity contribution in [3.63, 3.8) is 0 Å². The molecule has 1 saturated heterocycles. The fraction of sp³-hybridized carbons (Fsp3) is 0.227. The van der Waals surface area contributed by atoms with Crippen LogP contribution in [0.5, 0.6) is 0 Å². The van der Waals surface area contributed by atoms with Gasteiger partial charge in [-0.15, -0.1) is 0 Å². The Labute approximate surface area is 162 Å². The van der Waals surface area contributed by atoms with Gasteiger partial charge in [-0.2, -0.15) is 5.26 Å². The Bertz CT molecular complexity index is 1010. The van der Waals surface area contributed by atoms with E-state index in [0.29, 0.717) is 12.8 Å². The summed E-state index contributed by atoms with van der Waals surface area (Å²) < 4.78 is 14.3. The average Bonchev–Trinajstić information content (AvgIpc) is 2.70. The molecule has 1 atom stereocenters. The molecule has 1 unspecified atom stereocenters. The van der Waals surface area contributed by atoms with Gasteiger partial charge in [0.15, 0.2) is 0 Å². The molecule has 1 fully saturated rings. The maximum Gasteiger partial charge on any atom is 0.268 e. The maximum atomic E-state index is 14.3. The number of nitrogens with zero attached hydrogens (tertiary/aromatic N) is 1. The minimum atomic E-state index is -1.09. The lowest BCUT2D eigenvalue weighted by molar-refractivity contribution is -0.136. The molecule has 0 saturated carbocycles. The highest BCUT2D eigenvalue weighted by Gasteiger charge is 2.44. The summed E-state index contributed by atoms with van der Waals surface area (Å²) in [7, 11) is 0. The molecule has 3 rings (SSSR count). The van der Waals surface area contributed by atoms with E-state index in [0.717, 1.165) is 5.56 Å². The standard InChI is InChI=1S/C22H20FN3O2/c1-3-22(12-15-8-5-4-6-9-15)21(28)25-19(20(27)26-22)14(2)18-16(13-24)10-7-11-17(18)23/h4-11H,3,12H2,1-2H3,(H,25,28)(H,26,27). The Hall–Kier alpha value is -3.46. The first-order valence-electron chi connectivity index (χ1n) is 8.99. The third-order valence-electron chi connectivity index (χ3n) is 5.09. The van der Waals surface area contributed by atoms with E-state index in [1.54, 1.807) is 0 Å². The molecule has 5 nitrogen and oxygen atoms in total. The molecule has 0 aliphatic carbocycles. The quantitative estimate of drug-likeness (QED) is 0.804. The van der Waals surface area contributed by atoms with Crippen LogP contribution in [0.1, 0.15) is 37.0 Å². The van der Waals surface area contributed by atoms with E-state index >= 15 is 0 Å². The zero-order chi connectivity index (χ0) is 20.3. The summed E-state index contributed by atoms with van der Waals surface area (Å²) in [5, 5.41) is 14.7. The Morgan fingerprint density at radius 1 is 1.14 bits per heavy atom. The first-order chi connectivity index (χ1) is 13.4. The molecule has 1 aliphatic rings. The monoisotopic (exact) mass is 377 g/mol. The van der Waals surface area contributed by atoms with Crippen LogP contribution in [0.25, 0.3) is 5.57 Å². The first-order valence-corrected chi connectivity index (χ1v) is 8.99. The number of nitrogens with one attached hydrogen (secondary N) is 2. The van der Waals surface area contributed by atoms with Gasteiger partial charge in [-0.25, -0.2) is 4.39 Å². The van der Waals surface area contributed by atoms with Crippen molar-refractivity contribution in [2.45, 2.75) is 32.2 Å².